The van der Waals surface area contributed by atoms with Crippen LogP contribution in [0.5, 0.6) is 0 Å². The van der Waals surface area contributed by atoms with Gasteiger partial charge in [-0.15, -0.1) is 0 Å². The van der Waals surface area contributed by atoms with E-state index in [-0.39, 0.29) is 0 Å². The van der Waals surface area contributed by atoms with Gasteiger partial charge in [-0.3, -0.25) is 0 Å². The molecule has 0 aromatic carbocycles. The summed E-state index contributed by atoms with van der Waals surface area (Å²) in [6, 6.07) is 0. The summed E-state index contributed by atoms with van der Waals surface area (Å²) in [6.07, 6.45) is 0.844. The van der Waals surface area contributed by atoms with E-state index in [4.69, 9.17) is 0 Å². The van der Waals surface area contributed by atoms with E-state index in [2.05, 4.69) is 16.6 Å². The molecule has 0 aliphatic carbocycles. The van der Waals surface area contributed by atoms with Gasteiger partial charge in [-0.25, -0.2) is 4.79 Å². The molecule has 0 aliphatic rings. The standard InChI is InChI=1S/C7H10O2/c1-3-5-7(8)9-6-4-2/h4,6H2,1-2H3. The highest BCUT2D eigenvalue weighted by Gasteiger charge is 1.91. The van der Waals surface area contributed by atoms with Crippen LogP contribution in [0.4, 0.5) is 0 Å². The Labute approximate surface area is 55.2 Å². The molecule has 0 aromatic rings. The summed E-state index contributed by atoms with van der Waals surface area (Å²) >= 11 is 0. The average molecular weight is 126 g/mol. The van der Waals surface area contributed by atoms with E-state index in [1.54, 1.807) is 6.92 Å². The Balaban J connectivity index is 3.35. The fraction of sp³-hybridized carbons (Fsp3) is 0.571. The van der Waals surface area contributed by atoms with Gasteiger partial charge in [0.05, 0.1) is 6.61 Å². The Bertz CT molecular complexity index is 139. The molecule has 2 nitrogen and oxygen atoms in total. The number of esters is 1. The van der Waals surface area contributed by atoms with E-state index in [9.17, 15) is 4.79 Å². The molecule has 0 unspecified atom stereocenters. The molecule has 0 radical (unpaired) electrons. The highest BCUT2D eigenvalue weighted by atomic mass is 16.5. The summed E-state index contributed by atoms with van der Waals surface area (Å²) in [5, 5.41) is 0. The second-order valence-corrected chi connectivity index (χ2v) is 1.51. The minimum absolute atomic E-state index is 0.431. The maximum Gasteiger partial charge on any atom is 0.384 e. The van der Waals surface area contributed by atoms with Crippen molar-refractivity contribution in [1.29, 1.82) is 0 Å². The number of carbonyl (C=O) groups excluding carboxylic acids is 1. The zero-order valence-corrected chi connectivity index (χ0v) is 5.73. The Hall–Kier alpha value is -0.970. The molecule has 2 heteroatoms. The van der Waals surface area contributed by atoms with Crippen molar-refractivity contribution in [2.24, 2.45) is 0 Å². The van der Waals surface area contributed by atoms with Crippen molar-refractivity contribution in [1.82, 2.24) is 0 Å². The van der Waals surface area contributed by atoms with Gasteiger partial charge in [0.1, 0.15) is 0 Å². The van der Waals surface area contributed by atoms with Crippen LogP contribution in [-0.2, 0) is 9.53 Å². The van der Waals surface area contributed by atoms with Crippen LogP contribution in [0, 0.1) is 11.8 Å². The van der Waals surface area contributed by atoms with Gasteiger partial charge < -0.3 is 4.74 Å². The van der Waals surface area contributed by atoms with Gasteiger partial charge in [-0.1, -0.05) is 12.8 Å². The van der Waals surface area contributed by atoms with E-state index < -0.39 is 5.97 Å². The van der Waals surface area contributed by atoms with E-state index in [0.717, 1.165) is 6.42 Å². The van der Waals surface area contributed by atoms with Gasteiger partial charge in [0, 0.05) is 5.92 Å². The van der Waals surface area contributed by atoms with Gasteiger partial charge in [-0.2, -0.15) is 0 Å². The molecule has 0 aromatic heterocycles. The first kappa shape index (κ1) is 8.03. The summed E-state index contributed by atoms with van der Waals surface area (Å²) in [7, 11) is 0. The van der Waals surface area contributed by atoms with Crippen LogP contribution >= 0.6 is 0 Å². The molecule has 0 fully saturated rings. The molecule has 0 spiro atoms. The fourth-order valence-corrected chi connectivity index (χ4v) is 0.333. The molecule has 0 aliphatic heterocycles. The first-order chi connectivity index (χ1) is 4.31. The molecule has 0 rings (SSSR count). The third-order valence-corrected chi connectivity index (χ3v) is 0.664. The summed E-state index contributed by atoms with van der Waals surface area (Å²) in [5.74, 6) is 4.29. The van der Waals surface area contributed by atoms with Crippen LogP contribution < -0.4 is 0 Å². The van der Waals surface area contributed by atoms with Crippen LogP contribution in [0.1, 0.15) is 20.3 Å². The molecule has 0 heterocycles. The van der Waals surface area contributed by atoms with Gasteiger partial charge in [-0.05, 0) is 13.3 Å². The number of hydrogen-bond acceptors (Lipinski definition) is 2. The molecule has 0 N–H and O–H groups in total. The Morgan fingerprint density at radius 3 is 2.78 bits per heavy atom. The van der Waals surface area contributed by atoms with E-state index >= 15 is 0 Å². The number of rotatable bonds is 2. The van der Waals surface area contributed by atoms with Crippen LogP contribution in [0.3, 0.4) is 0 Å². The zero-order valence-electron chi connectivity index (χ0n) is 5.73. The minimum atomic E-state index is -0.431. The average Bonchev–Trinajstić information content (AvgIpc) is 1.85. The number of hydrogen-bond donors (Lipinski definition) is 0. The summed E-state index contributed by atoms with van der Waals surface area (Å²) in [5.41, 5.74) is 0. The normalized spacial score (nSPS) is 7.33. The van der Waals surface area contributed by atoms with Crippen LogP contribution in [0.25, 0.3) is 0 Å². The Kier molecular flexibility index (Phi) is 4.61. The van der Waals surface area contributed by atoms with Gasteiger partial charge >= 0.3 is 5.97 Å². The minimum Gasteiger partial charge on any atom is -0.456 e. The van der Waals surface area contributed by atoms with Gasteiger partial charge in [0.25, 0.3) is 0 Å². The predicted octanol–water partition coefficient (Wildman–Crippen LogP) is 0.963. The quantitative estimate of drug-likeness (QED) is 0.313. The second-order valence-electron chi connectivity index (χ2n) is 1.51. The molecule has 0 amide bonds. The highest BCUT2D eigenvalue weighted by Crippen LogP contribution is 1.79. The van der Waals surface area contributed by atoms with E-state index in [1.165, 1.54) is 0 Å². The van der Waals surface area contributed by atoms with Crippen molar-refractivity contribution in [2.75, 3.05) is 6.61 Å². The topological polar surface area (TPSA) is 26.3 Å². The van der Waals surface area contributed by atoms with Crippen molar-refractivity contribution in [2.45, 2.75) is 20.3 Å². The van der Waals surface area contributed by atoms with Crippen molar-refractivity contribution in [3.05, 3.63) is 0 Å². The molecule has 0 atom stereocenters. The Morgan fingerprint density at radius 1 is 1.67 bits per heavy atom. The smallest absolute Gasteiger partial charge is 0.384 e. The second kappa shape index (κ2) is 5.17. The molecular weight excluding hydrogens is 116 g/mol. The number of ether oxygens (including phenoxy) is 1. The summed E-state index contributed by atoms with van der Waals surface area (Å²) < 4.78 is 4.62. The van der Waals surface area contributed by atoms with Gasteiger partial charge in [0.15, 0.2) is 0 Å². The number of carbonyl (C=O) groups is 1. The van der Waals surface area contributed by atoms with E-state index in [1.807, 2.05) is 6.92 Å². The van der Waals surface area contributed by atoms with E-state index in [0.29, 0.717) is 6.61 Å². The first-order valence-corrected chi connectivity index (χ1v) is 2.90. The van der Waals surface area contributed by atoms with Gasteiger partial charge in [0.2, 0.25) is 0 Å². The molecule has 0 bridgehead atoms. The molecule has 9 heavy (non-hydrogen) atoms. The SMILES string of the molecule is CC#CC(=O)OCCC. The van der Waals surface area contributed by atoms with Crippen LogP contribution in [-0.4, -0.2) is 12.6 Å². The molecule has 50 valence electrons. The summed E-state index contributed by atoms with van der Waals surface area (Å²) in [6.45, 7) is 4.01. The van der Waals surface area contributed by atoms with Crippen molar-refractivity contribution in [3.8, 4) is 11.8 Å². The molecule has 0 saturated heterocycles. The lowest BCUT2D eigenvalue weighted by atomic mass is 10.5. The molecular formula is C7H10O2. The maximum atomic E-state index is 10.4. The van der Waals surface area contributed by atoms with Crippen molar-refractivity contribution >= 4 is 5.97 Å². The monoisotopic (exact) mass is 126 g/mol. The Morgan fingerprint density at radius 2 is 2.33 bits per heavy atom. The lowest BCUT2D eigenvalue weighted by molar-refractivity contribution is -0.136. The van der Waals surface area contributed by atoms with Crippen LogP contribution in [0.15, 0.2) is 0 Å². The lowest BCUT2D eigenvalue weighted by Gasteiger charge is -1.93. The fourth-order valence-electron chi connectivity index (χ4n) is 0.333. The summed E-state index contributed by atoms with van der Waals surface area (Å²) in [4.78, 5) is 10.4. The van der Waals surface area contributed by atoms with Crippen molar-refractivity contribution < 1.29 is 9.53 Å². The third-order valence-electron chi connectivity index (χ3n) is 0.664. The first-order valence-electron chi connectivity index (χ1n) is 2.90. The third kappa shape index (κ3) is 4.89. The predicted molar refractivity (Wildman–Crippen MR) is 34.7 cm³/mol. The van der Waals surface area contributed by atoms with Crippen molar-refractivity contribution in [3.63, 3.8) is 0 Å². The highest BCUT2D eigenvalue weighted by molar-refractivity contribution is 5.88. The zero-order chi connectivity index (χ0) is 7.11. The van der Waals surface area contributed by atoms with Crippen LogP contribution in [0.2, 0.25) is 0 Å². The maximum absolute atomic E-state index is 10.4. The molecule has 0 saturated carbocycles. The largest absolute Gasteiger partial charge is 0.456 e. The lowest BCUT2D eigenvalue weighted by Crippen LogP contribution is -2.01.